The van der Waals surface area contributed by atoms with E-state index in [4.69, 9.17) is 5.73 Å². The Morgan fingerprint density at radius 2 is 2.33 bits per heavy atom. The van der Waals surface area contributed by atoms with E-state index in [0.717, 1.165) is 43.0 Å². The third-order valence-corrected chi connectivity index (χ3v) is 3.22. The molecule has 1 atom stereocenters. The first-order chi connectivity index (χ1) is 8.74. The molecule has 18 heavy (non-hydrogen) atoms. The summed E-state index contributed by atoms with van der Waals surface area (Å²) < 4.78 is 1.86. The minimum Gasteiger partial charge on any atom is -0.368 e. The van der Waals surface area contributed by atoms with Crippen LogP contribution in [0.25, 0.3) is 5.52 Å². The van der Waals surface area contributed by atoms with Gasteiger partial charge >= 0.3 is 0 Å². The van der Waals surface area contributed by atoms with Crippen LogP contribution in [0.15, 0.2) is 18.5 Å². The quantitative estimate of drug-likeness (QED) is 0.817. The zero-order chi connectivity index (χ0) is 13.0. The van der Waals surface area contributed by atoms with Crippen molar-refractivity contribution in [3.8, 4) is 0 Å². The Labute approximate surface area is 107 Å². The van der Waals surface area contributed by atoms with Crippen molar-refractivity contribution in [2.75, 3.05) is 18.4 Å². The van der Waals surface area contributed by atoms with Crippen LogP contribution in [0.5, 0.6) is 0 Å². The standard InChI is InChI=1S/C13H21N5/c1-3-11(4-5-14)9-16-13-12-8-10(2)17-18(12)7-6-15-13/h6-8,11H,3-5,9,14H2,1-2H3,(H,15,16). The Morgan fingerprint density at radius 1 is 1.50 bits per heavy atom. The second-order valence-electron chi connectivity index (χ2n) is 4.62. The summed E-state index contributed by atoms with van der Waals surface area (Å²) in [5.41, 5.74) is 7.64. The highest BCUT2D eigenvalue weighted by molar-refractivity contribution is 5.67. The summed E-state index contributed by atoms with van der Waals surface area (Å²) in [7, 11) is 0. The molecular weight excluding hydrogens is 226 g/mol. The van der Waals surface area contributed by atoms with Crippen LogP contribution in [-0.2, 0) is 0 Å². The van der Waals surface area contributed by atoms with Gasteiger partial charge in [-0.3, -0.25) is 0 Å². The number of hydrogen-bond donors (Lipinski definition) is 2. The van der Waals surface area contributed by atoms with Crippen LogP contribution >= 0.6 is 0 Å². The molecule has 0 radical (unpaired) electrons. The van der Waals surface area contributed by atoms with Crippen molar-refractivity contribution < 1.29 is 0 Å². The lowest BCUT2D eigenvalue weighted by atomic mass is 10.0. The van der Waals surface area contributed by atoms with Gasteiger partial charge in [-0.05, 0) is 31.9 Å². The average Bonchev–Trinajstić information content (AvgIpc) is 2.75. The normalized spacial score (nSPS) is 12.8. The molecule has 0 amide bonds. The lowest BCUT2D eigenvalue weighted by Crippen LogP contribution is -2.18. The molecule has 2 aromatic heterocycles. The maximum absolute atomic E-state index is 5.61. The number of hydrogen-bond acceptors (Lipinski definition) is 4. The fraction of sp³-hybridized carbons (Fsp3) is 0.538. The molecule has 5 nitrogen and oxygen atoms in total. The number of nitrogens with one attached hydrogen (secondary N) is 1. The molecule has 0 aliphatic rings. The van der Waals surface area contributed by atoms with E-state index in [1.165, 1.54) is 0 Å². The molecule has 0 aliphatic heterocycles. The molecule has 5 heteroatoms. The molecule has 0 bridgehead atoms. The van der Waals surface area contributed by atoms with Crippen LogP contribution in [0.4, 0.5) is 5.82 Å². The van der Waals surface area contributed by atoms with E-state index in [2.05, 4.69) is 22.3 Å². The number of anilines is 1. The Bertz CT molecular complexity index is 505. The van der Waals surface area contributed by atoms with Crippen molar-refractivity contribution in [2.24, 2.45) is 11.7 Å². The number of fused-ring (bicyclic) bond motifs is 1. The Morgan fingerprint density at radius 3 is 3.06 bits per heavy atom. The third kappa shape index (κ3) is 2.79. The monoisotopic (exact) mass is 247 g/mol. The van der Waals surface area contributed by atoms with Gasteiger partial charge in [-0.1, -0.05) is 13.3 Å². The minimum atomic E-state index is 0.598. The van der Waals surface area contributed by atoms with Crippen molar-refractivity contribution in [3.63, 3.8) is 0 Å². The topological polar surface area (TPSA) is 68.2 Å². The van der Waals surface area contributed by atoms with Gasteiger partial charge < -0.3 is 11.1 Å². The first-order valence-corrected chi connectivity index (χ1v) is 6.49. The van der Waals surface area contributed by atoms with Crippen molar-refractivity contribution in [3.05, 3.63) is 24.2 Å². The summed E-state index contributed by atoms with van der Waals surface area (Å²) in [6.45, 7) is 5.83. The van der Waals surface area contributed by atoms with E-state index in [1.807, 2.05) is 23.7 Å². The zero-order valence-electron chi connectivity index (χ0n) is 11.1. The molecule has 0 spiro atoms. The van der Waals surface area contributed by atoms with Gasteiger partial charge in [0.25, 0.3) is 0 Å². The summed E-state index contributed by atoms with van der Waals surface area (Å²) in [4.78, 5) is 4.38. The second kappa shape index (κ2) is 5.82. The van der Waals surface area contributed by atoms with Crippen LogP contribution in [0.3, 0.4) is 0 Å². The lowest BCUT2D eigenvalue weighted by Gasteiger charge is -2.15. The van der Waals surface area contributed by atoms with Crippen LogP contribution < -0.4 is 11.1 Å². The van der Waals surface area contributed by atoms with E-state index >= 15 is 0 Å². The molecule has 1 unspecified atom stereocenters. The summed E-state index contributed by atoms with van der Waals surface area (Å²) in [6, 6.07) is 2.04. The van der Waals surface area contributed by atoms with Crippen LogP contribution in [0, 0.1) is 12.8 Å². The van der Waals surface area contributed by atoms with Gasteiger partial charge in [-0.2, -0.15) is 5.10 Å². The molecule has 0 aromatic carbocycles. The molecule has 3 N–H and O–H groups in total. The van der Waals surface area contributed by atoms with E-state index in [-0.39, 0.29) is 0 Å². The van der Waals surface area contributed by atoms with Gasteiger partial charge in [0, 0.05) is 18.9 Å². The number of nitrogens with two attached hydrogens (primary N) is 1. The number of nitrogens with zero attached hydrogens (tertiary/aromatic N) is 3. The summed E-state index contributed by atoms with van der Waals surface area (Å²) >= 11 is 0. The highest BCUT2D eigenvalue weighted by Gasteiger charge is 2.08. The van der Waals surface area contributed by atoms with Gasteiger partial charge in [0.2, 0.25) is 0 Å². The van der Waals surface area contributed by atoms with Crippen LogP contribution in [0.1, 0.15) is 25.5 Å². The zero-order valence-corrected chi connectivity index (χ0v) is 11.1. The molecule has 98 valence electrons. The van der Waals surface area contributed by atoms with E-state index in [0.29, 0.717) is 5.92 Å². The largest absolute Gasteiger partial charge is 0.368 e. The Balaban J connectivity index is 2.11. The Hall–Kier alpha value is -1.62. The van der Waals surface area contributed by atoms with Crippen molar-refractivity contribution >= 4 is 11.3 Å². The molecule has 0 saturated heterocycles. The maximum Gasteiger partial charge on any atom is 0.152 e. The van der Waals surface area contributed by atoms with Crippen LogP contribution in [-0.4, -0.2) is 27.7 Å². The number of rotatable bonds is 6. The highest BCUT2D eigenvalue weighted by Crippen LogP contribution is 2.16. The minimum absolute atomic E-state index is 0.598. The maximum atomic E-state index is 5.61. The van der Waals surface area contributed by atoms with Crippen LogP contribution in [0.2, 0.25) is 0 Å². The smallest absolute Gasteiger partial charge is 0.152 e. The SMILES string of the molecule is CCC(CCN)CNc1nccn2nc(C)cc12. The number of aryl methyl sites for hydroxylation is 1. The lowest BCUT2D eigenvalue weighted by molar-refractivity contribution is 0.501. The summed E-state index contributed by atoms with van der Waals surface area (Å²) in [6.07, 6.45) is 5.81. The highest BCUT2D eigenvalue weighted by atomic mass is 15.2. The molecule has 0 aliphatic carbocycles. The first kappa shape index (κ1) is 12.8. The van der Waals surface area contributed by atoms with Gasteiger partial charge in [0.15, 0.2) is 5.82 Å². The predicted molar refractivity (Wildman–Crippen MR) is 73.7 cm³/mol. The van der Waals surface area contributed by atoms with Gasteiger partial charge in [-0.25, -0.2) is 9.50 Å². The van der Waals surface area contributed by atoms with E-state index in [9.17, 15) is 0 Å². The molecule has 2 heterocycles. The molecule has 2 rings (SSSR count). The van der Waals surface area contributed by atoms with Gasteiger partial charge in [-0.15, -0.1) is 0 Å². The summed E-state index contributed by atoms with van der Waals surface area (Å²) in [5.74, 6) is 1.50. The van der Waals surface area contributed by atoms with Crippen molar-refractivity contribution in [2.45, 2.75) is 26.7 Å². The third-order valence-electron chi connectivity index (χ3n) is 3.22. The van der Waals surface area contributed by atoms with Gasteiger partial charge in [0.05, 0.1) is 5.69 Å². The van der Waals surface area contributed by atoms with E-state index < -0.39 is 0 Å². The molecular formula is C13H21N5. The molecule has 0 fully saturated rings. The second-order valence-corrected chi connectivity index (χ2v) is 4.62. The van der Waals surface area contributed by atoms with Crippen molar-refractivity contribution in [1.82, 2.24) is 14.6 Å². The fourth-order valence-corrected chi connectivity index (χ4v) is 2.11. The first-order valence-electron chi connectivity index (χ1n) is 6.49. The predicted octanol–water partition coefficient (Wildman–Crippen LogP) is 1.82. The fourth-order valence-electron chi connectivity index (χ4n) is 2.11. The Kier molecular flexibility index (Phi) is 4.15. The molecule has 0 saturated carbocycles. The summed E-state index contributed by atoms with van der Waals surface area (Å²) in [5, 5.41) is 7.78. The average molecular weight is 247 g/mol. The van der Waals surface area contributed by atoms with Gasteiger partial charge in [0.1, 0.15) is 5.52 Å². The van der Waals surface area contributed by atoms with Crippen molar-refractivity contribution in [1.29, 1.82) is 0 Å². The number of aromatic nitrogens is 3. The van der Waals surface area contributed by atoms with E-state index in [1.54, 1.807) is 6.20 Å². The molecule has 2 aromatic rings.